The molecule has 2 aliphatic rings. The van der Waals surface area contributed by atoms with Gasteiger partial charge in [0.2, 0.25) is 0 Å². The molecule has 2 fully saturated rings. The number of hydrogen-bond acceptors (Lipinski definition) is 12. The van der Waals surface area contributed by atoms with Crippen LogP contribution < -0.4 is 14.9 Å². The van der Waals surface area contributed by atoms with Gasteiger partial charge in [-0.15, -0.1) is 11.8 Å². The molecule has 0 bridgehead atoms. The van der Waals surface area contributed by atoms with E-state index in [1.54, 1.807) is 11.8 Å². The molecule has 0 spiro atoms. The Bertz CT molecular complexity index is 2540. The maximum absolute atomic E-state index is 13.8. The predicted octanol–water partition coefficient (Wildman–Crippen LogP) is 7.89. The van der Waals surface area contributed by atoms with Gasteiger partial charge in [0.1, 0.15) is 12.0 Å². The van der Waals surface area contributed by atoms with Crippen LogP contribution in [0.15, 0.2) is 131 Å². The summed E-state index contributed by atoms with van der Waals surface area (Å²) < 4.78 is 35.7. The van der Waals surface area contributed by atoms with Gasteiger partial charge < -0.3 is 15.0 Å². The molecule has 0 amide bonds. The zero-order chi connectivity index (χ0) is 41.5. The van der Waals surface area contributed by atoms with Crippen LogP contribution in [0.4, 0.5) is 22.9 Å². The zero-order valence-corrected chi connectivity index (χ0v) is 35.2. The van der Waals surface area contributed by atoms with E-state index in [0.717, 1.165) is 68.0 Å². The van der Waals surface area contributed by atoms with E-state index < -0.39 is 14.9 Å². The molecule has 0 aliphatic carbocycles. The van der Waals surface area contributed by atoms with E-state index in [-0.39, 0.29) is 28.1 Å². The lowest BCUT2D eigenvalue weighted by atomic mass is 9.99. The second-order valence-electron chi connectivity index (χ2n) is 14.8. The first-order chi connectivity index (χ1) is 29.2. The molecular weight excluding hydrogens is 820 g/mol. The number of fused-ring (bicyclic) bond motifs is 1. The van der Waals surface area contributed by atoms with Crippen LogP contribution in [-0.2, 0) is 21.3 Å². The van der Waals surface area contributed by atoms with E-state index in [1.165, 1.54) is 29.6 Å². The lowest BCUT2D eigenvalue weighted by Gasteiger charge is -2.36. The first-order valence-corrected chi connectivity index (χ1v) is 22.6. The van der Waals surface area contributed by atoms with Crippen molar-refractivity contribution in [2.45, 2.75) is 22.4 Å². The number of halogens is 1. The van der Waals surface area contributed by atoms with Gasteiger partial charge in [-0.3, -0.25) is 24.6 Å². The normalized spacial score (nSPS) is 15.8. The van der Waals surface area contributed by atoms with Gasteiger partial charge in [-0.25, -0.2) is 18.4 Å². The van der Waals surface area contributed by atoms with Gasteiger partial charge in [0.25, 0.3) is 15.7 Å². The topological polar surface area (TPSA) is 146 Å². The van der Waals surface area contributed by atoms with E-state index in [0.29, 0.717) is 41.4 Å². The van der Waals surface area contributed by atoms with Crippen molar-refractivity contribution in [1.29, 1.82) is 0 Å². The molecule has 1 unspecified atom stereocenters. The second-order valence-corrected chi connectivity index (χ2v) is 18.0. The van der Waals surface area contributed by atoms with Crippen molar-refractivity contribution in [1.82, 2.24) is 19.8 Å². The van der Waals surface area contributed by atoms with Gasteiger partial charge >= 0.3 is 0 Å². The number of morpholine rings is 1. The number of nitrogens with zero attached hydrogens (tertiary/aromatic N) is 6. The minimum absolute atomic E-state index is 0.0838. The van der Waals surface area contributed by atoms with Crippen LogP contribution in [-0.4, -0.2) is 104 Å². The van der Waals surface area contributed by atoms with E-state index in [1.807, 2.05) is 72.8 Å². The van der Waals surface area contributed by atoms with E-state index in [9.17, 15) is 18.5 Å². The van der Waals surface area contributed by atoms with Crippen LogP contribution in [0.3, 0.4) is 0 Å². The number of sulfonamides is 1. The number of nitrogens with one attached hydrogen (secondary N) is 2. The van der Waals surface area contributed by atoms with Crippen LogP contribution >= 0.6 is 23.4 Å². The van der Waals surface area contributed by atoms with Crippen molar-refractivity contribution in [3.63, 3.8) is 0 Å². The van der Waals surface area contributed by atoms with E-state index >= 15 is 0 Å². The molecule has 1 atom stereocenters. The molecule has 3 heterocycles. The molecule has 2 saturated heterocycles. The van der Waals surface area contributed by atoms with Crippen molar-refractivity contribution < 1.29 is 18.1 Å². The fourth-order valence-corrected chi connectivity index (χ4v) is 9.80. The van der Waals surface area contributed by atoms with Gasteiger partial charge in [-0.1, -0.05) is 66.2 Å². The van der Waals surface area contributed by atoms with E-state index in [2.05, 4.69) is 59.0 Å². The maximum atomic E-state index is 13.8. The highest BCUT2D eigenvalue weighted by atomic mass is 35.5. The van der Waals surface area contributed by atoms with E-state index in [4.69, 9.17) is 16.3 Å². The molecule has 8 rings (SSSR count). The Morgan fingerprint density at radius 2 is 1.58 bits per heavy atom. The van der Waals surface area contributed by atoms with Gasteiger partial charge in [-0.2, -0.15) is 0 Å². The summed E-state index contributed by atoms with van der Waals surface area (Å²) in [7, 11) is -4.28. The van der Waals surface area contributed by atoms with Crippen LogP contribution in [0.25, 0.3) is 22.0 Å². The zero-order valence-electron chi connectivity index (χ0n) is 32.8. The highest BCUT2D eigenvalue weighted by Gasteiger charge is 2.26. The smallest absolute Gasteiger partial charge is 0.293 e. The summed E-state index contributed by atoms with van der Waals surface area (Å²) in [6.45, 7) is 7.46. The molecule has 310 valence electrons. The summed E-state index contributed by atoms with van der Waals surface area (Å²) in [6, 6.07) is 35.8. The summed E-state index contributed by atoms with van der Waals surface area (Å²) in [5.41, 5.74) is 4.96. The fraction of sp³-hybridized carbons (Fsp3) is 0.273. The Morgan fingerprint density at radius 1 is 0.833 bits per heavy atom. The predicted molar refractivity (Wildman–Crippen MR) is 240 cm³/mol. The third-order valence-corrected chi connectivity index (χ3v) is 13.5. The largest absolute Gasteiger partial charge is 0.379 e. The number of rotatable bonds is 15. The second kappa shape index (κ2) is 19.0. The minimum atomic E-state index is -4.28. The quantitative estimate of drug-likeness (QED) is 0.0588. The Kier molecular flexibility index (Phi) is 13.1. The Hall–Kier alpha value is -5.29. The summed E-state index contributed by atoms with van der Waals surface area (Å²) in [5, 5.41) is 17.0. The molecule has 13 nitrogen and oxygen atoms in total. The van der Waals surface area contributed by atoms with Crippen LogP contribution in [0.5, 0.6) is 0 Å². The third-order valence-electron chi connectivity index (χ3n) is 10.7. The molecule has 1 aromatic heterocycles. The first kappa shape index (κ1) is 41.4. The lowest BCUT2D eigenvalue weighted by Crippen LogP contribution is -2.46. The number of nitro benzene ring substituents is 1. The average Bonchev–Trinajstić information content (AvgIpc) is 3.27. The Labute approximate surface area is 358 Å². The van der Waals surface area contributed by atoms with Gasteiger partial charge in [0.15, 0.2) is 5.82 Å². The molecule has 16 heteroatoms. The number of nitro groups is 1. The van der Waals surface area contributed by atoms with Crippen LogP contribution in [0, 0.1) is 10.1 Å². The maximum Gasteiger partial charge on any atom is 0.293 e. The van der Waals surface area contributed by atoms with Gasteiger partial charge in [0, 0.05) is 91.2 Å². The molecule has 2 N–H and O–H groups in total. The minimum Gasteiger partial charge on any atom is -0.379 e. The van der Waals surface area contributed by atoms with Crippen LogP contribution in [0.1, 0.15) is 5.56 Å². The number of ether oxygens (including phenoxy) is 1. The molecule has 5 aromatic carbocycles. The number of hydrogen-bond donors (Lipinski definition) is 2. The standard InChI is InChI=1S/C44H45ClN8O5S2/c45-34-11-14-39(32-7-3-1-4-8-32)33(25-34)28-50-17-19-52(20-18-50)36-12-15-40-42(26-36)46-31-47-44(40)49-60(56,57)38-13-16-41(43(27-38)53(54)55)48-35(29-51-21-23-58-24-22-51)30-59-37-9-5-2-6-10-37/h1-16,25-27,31,35,48H,17-24,28-30H2,(H,46,47,49). The lowest BCUT2D eigenvalue weighted by molar-refractivity contribution is -0.384. The Balaban J connectivity index is 0.945. The van der Waals surface area contributed by atoms with Gasteiger partial charge in [-0.05, 0) is 71.3 Å². The third kappa shape index (κ3) is 10.2. The molecule has 6 aromatic rings. The summed E-state index contributed by atoms with van der Waals surface area (Å²) in [6.07, 6.45) is 1.31. The monoisotopic (exact) mass is 864 g/mol. The molecule has 0 saturated carbocycles. The number of aromatic nitrogens is 2. The van der Waals surface area contributed by atoms with Gasteiger partial charge in [0.05, 0.1) is 28.5 Å². The summed E-state index contributed by atoms with van der Waals surface area (Å²) in [4.78, 5) is 28.4. The highest BCUT2D eigenvalue weighted by Crippen LogP contribution is 2.33. The molecular formula is C44H45ClN8O5S2. The molecule has 0 radical (unpaired) electrons. The Morgan fingerprint density at radius 3 is 2.33 bits per heavy atom. The van der Waals surface area contributed by atoms with Crippen molar-refractivity contribution in [2.75, 3.05) is 79.7 Å². The highest BCUT2D eigenvalue weighted by molar-refractivity contribution is 7.99. The molecule has 2 aliphatic heterocycles. The average molecular weight is 865 g/mol. The SMILES string of the molecule is O=[N+]([O-])c1cc(S(=O)(=O)Nc2ncnc3cc(N4CCN(Cc5cc(Cl)ccc5-c5ccccc5)CC4)ccc23)ccc1NC(CSc1ccccc1)CN1CCOCC1. The fourth-order valence-electron chi connectivity index (χ4n) is 7.63. The number of piperazine rings is 1. The van der Waals surface area contributed by atoms with Crippen molar-refractivity contribution in [3.05, 3.63) is 142 Å². The van der Waals surface area contributed by atoms with Crippen molar-refractivity contribution >= 4 is 67.2 Å². The van der Waals surface area contributed by atoms with Crippen molar-refractivity contribution in [2.24, 2.45) is 0 Å². The first-order valence-electron chi connectivity index (χ1n) is 19.8. The number of benzene rings is 5. The number of anilines is 3. The summed E-state index contributed by atoms with van der Waals surface area (Å²) in [5.74, 6) is 0.721. The van der Waals surface area contributed by atoms with Crippen LogP contribution in [0.2, 0.25) is 5.02 Å². The summed E-state index contributed by atoms with van der Waals surface area (Å²) >= 11 is 8.08. The van der Waals surface area contributed by atoms with Crippen molar-refractivity contribution in [3.8, 4) is 11.1 Å². The number of thioether (sulfide) groups is 1. The molecule has 60 heavy (non-hydrogen) atoms.